The Bertz CT molecular complexity index is 536. The van der Waals surface area contributed by atoms with Crippen molar-refractivity contribution in [3.63, 3.8) is 0 Å². The van der Waals surface area contributed by atoms with Crippen LogP contribution < -0.4 is 0 Å². The summed E-state index contributed by atoms with van der Waals surface area (Å²) in [5.74, 6) is -0.247. The van der Waals surface area contributed by atoms with Crippen molar-refractivity contribution in [1.82, 2.24) is 0 Å². The average molecular weight is 258 g/mol. The summed E-state index contributed by atoms with van der Waals surface area (Å²) in [4.78, 5) is 0. The second-order valence-corrected chi connectivity index (χ2v) is 5.02. The van der Waals surface area contributed by atoms with E-state index in [-0.39, 0.29) is 5.82 Å². The first-order valence-corrected chi connectivity index (χ1v) is 6.61. The molecule has 1 atom stereocenters. The topological polar surface area (TPSA) is 20.2 Å². The third-order valence-electron chi connectivity index (χ3n) is 3.21. The fraction of sp³-hybridized carbons (Fsp3) is 0.294. The molecule has 2 rings (SSSR count). The molecule has 0 radical (unpaired) electrons. The monoisotopic (exact) mass is 258 g/mol. The van der Waals surface area contributed by atoms with E-state index >= 15 is 0 Å². The van der Waals surface area contributed by atoms with Gasteiger partial charge in [0.05, 0.1) is 6.10 Å². The summed E-state index contributed by atoms with van der Waals surface area (Å²) in [6.45, 7) is 2.06. The predicted molar refractivity (Wildman–Crippen MR) is 75.6 cm³/mol. The molecule has 0 fully saturated rings. The fourth-order valence-electron chi connectivity index (χ4n) is 2.24. The molecule has 0 saturated carbocycles. The summed E-state index contributed by atoms with van der Waals surface area (Å²) in [5.41, 5.74) is 3.31. The Morgan fingerprint density at radius 2 is 1.79 bits per heavy atom. The van der Waals surface area contributed by atoms with E-state index in [2.05, 4.69) is 25.1 Å². The van der Waals surface area contributed by atoms with Crippen molar-refractivity contribution >= 4 is 0 Å². The minimum atomic E-state index is -0.428. The largest absolute Gasteiger partial charge is 0.393 e. The van der Waals surface area contributed by atoms with Crippen molar-refractivity contribution < 1.29 is 9.50 Å². The van der Waals surface area contributed by atoms with E-state index in [1.165, 1.54) is 23.3 Å². The minimum Gasteiger partial charge on any atom is -0.393 e. The zero-order chi connectivity index (χ0) is 13.7. The molecule has 1 N–H and O–H groups in total. The van der Waals surface area contributed by atoms with Gasteiger partial charge in [-0.1, -0.05) is 42.0 Å². The molecule has 0 heterocycles. The molecule has 0 aliphatic carbocycles. The predicted octanol–water partition coefficient (Wildman–Crippen LogP) is 3.67. The van der Waals surface area contributed by atoms with E-state index in [1.54, 1.807) is 6.07 Å². The van der Waals surface area contributed by atoms with Gasteiger partial charge in [-0.2, -0.15) is 0 Å². The number of benzene rings is 2. The van der Waals surface area contributed by atoms with Gasteiger partial charge >= 0.3 is 0 Å². The highest BCUT2D eigenvalue weighted by molar-refractivity contribution is 5.22. The normalized spacial score (nSPS) is 12.4. The quantitative estimate of drug-likeness (QED) is 0.867. The van der Waals surface area contributed by atoms with Gasteiger partial charge in [0.25, 0.3) is 0 Å². The number of aliphatic hydroxyl groups excluding tert-OH is 1. The van der Waals surface area contributed by atoms with Crippen LogP contribution in [0.5, 0.6) is 0 Å². The highest BCUT2D eigenvalue weighted by Gasteiger charge is 2.07. The van der Waals surface area contributed by atoms with Crippen LogP contribution in [0.2, 0.25) is 0 Å². The smallest absolute Gasteiger partial charge is 0.123 e. The van der Waals surface area contributed by atoms with Gasteiger partial charge in [0, 0.05) is 0 Å². The van der Waals surface area contributed by atoms with Crippen LogP contribution in [-0.2, 0) is 12.8 Å². The van der Waals surface area contributed by atoms with Crippen molar-refractivity contribution in [3.8, 4) is 0 Å². The summed E-state index contributed by atoms with van der Waals surface area (Å²) in [7, 11) is 0. The van der Waals surface area contributed by atoms with Crippen molar-refractivity contribution in [2.24, 2.45) is 0 Å². The highest BCUT2D eigenvalue weighted by atomic mass is 19.1. The van der Waals surface area contributed by atoms with E-state index in [9.17, 15) is 9.50 Å². The lowest BCUT2D eigenvalue weighted by molar-refractivity contribution is 0.165. The maximum atomic E-state index is 13.0. The van der Waals surface area contributed by atoms with Gasteiger partial charge in [-0.3, -0.25) is 0 Å². The van der Waals surface area contributed by atoms with Crippen molar-refractivity contribution in [1.29, 1.82) is 0 Å². The Hall–Kier alpha value is -1.67. The summed E-state index contributed by atoms with van der Waals surface area (Å²) in [6.07, 6.45) is 1.61. The Kier molecular flexibility index (Phi) is 4.69. The number of rotatable bonds is 5. The molecule has 2 aromatic rings. The summed E-state index contributed by atoms with van der Waals surface area (Å²) in [6, 6.07) is 14.7. The van der Waals surface area contributed by atoms with Crippen LogP contribution in [0.1, 0.15) is 23.1 Å². The van der Waals surface area contributed by atoms with E-state index in [4.69, 9.17) is 0 Å². The molecule has 100 valence electrons. The van der Waals surface area contributed by atoms with Crippen LogP contribution in [-0.4, -0.2) is 11.2 Å². The first kappa shape index (κ1) is 13.8. The molecule has 19 heavy (non-hydrogen) atoms. The van der Waals surface area contributed by atoms with E-state index < -0.39 is 6.10 Å². The van der Waals surface area contributed by atoms with Crippen LogP contribution >= 0.6 is 0 Å². The molecule has 1 nitrogen and oxygen atoms in total. The van der Waals surface area contributed by atoms with Crippen molar-refractivity contribution in [2.75, 3.05) is 0 Å². The summed E-state index contributed by atoms with van der Waals surface area (Å²) in [5, 5.41) is 10.0. The van der Waals surface area contributed by atoms with Crippen LogP contribution in [0.4, 0.5) is 4.39 Å². The molecule has 0 saturated heterocycles. The van der Waals surface area contributed by atoms with Gasteiger partial charge in [0.2, 0.25) is 0 Å². The van der Waals surface area contributed by atoms with Crippen molar-refractivity contribution in [2.45, 2.75) is 32.3 Å². The Morgan fingerprint density at radius 1 is 1.05 bits per heavy atom. The second-order valence-electron chi connectivity index (χ2n) is 5.02. The van der Waals surface area contributed by atoms with Gasteiger partial charge in [0.15, 0.2) is 0 Å². The molecule has 0 aliphatic rings. The number of hydrogen-bond acceptors (Lipinski definition) is 1. The zero-order valence-corrected chi connectivity index (χ0v) is 11.1. The summed E-state index contributed by atoms with van der Waals surface area (Å²) < 4.78 is 13.0. The molecule has 0 amide bonds. The van der Waals surface area contributed by atoms with Crippen LogP contribution in [0.15, 0.2) is 48.5 Å². The molecule has 2 aromatic carbocycles. The average Bonchev–Trinajstić information content (AvgIpc) is 2.36. The number of hydrogen-bond donors (Lipinski definition) is 1. The third-order valence-corrected chi connectivity index (χ3v) is 3.21. The maximum absolute atomic E-state index is 13.0. The molecular weight excluding hydrogens is 239 g/mol. The summed E-state index contributed by atoms with van der Waals surface area (Å²) >= 11 is 0. The van der Waals surface area contributed by atoms with Gasteiger partial charge in [0.1, 0.15) is 5.82 Å². The molecular formula is C17H19FO. The first-order chi connectivity index (χ1) is 9.13. The van der Waals surface area contributed by atoms with Crippen LogP contribution in [0, 0.1) is 12.7 Å². The standard InChI is InChI=1S/C17H19FO/c1-13-4-2-5-14(10-13)8-9-17(19)12-15-6-3-7-16(18)11-15/h2-7,10-11,17,19H,8-9,12H2,1H3. The maximum Gasteiger partial charge on any atom is 0.123 e. The van der Waals surface area contributed by atoms with Gasteiger partial charge in [-0.25, -0.2) is 4.39 Å². The Labute approximate surface area is 113 Å². The SMILES string of the molecule is Cc1cccc(CCC(O)Cc2cccc(F)c2)c1. The lowest BCUT2D eigenvalue weighted by Gasteiger charge is -2.11. The van der Waals surface area contributed by atoms with E-state index in [1.807, 2.05) is 12.1 Å². The zero-order valence-electron chi connectivity index (χ0n) is 11.1. The van der Waals surface area contributed by atoms with Crippen LogP contribution in [0.25, 0.3) is 0 Å². The van der Waals surface area contributed by atoms with Gasteiger partial charge in [-0.15, -0.1) is 0 Å². The molecule has 0 spiro atoms. The number of aryl methyl sites for hydroxylation is 2. The van der Waals surface area contributed by atoms with Gasteiger partial charge < -0.3 is 5.11 Å². The highest BCUT2D eigenvalue weighted by Crippen LogP contribution is 2.12. The second kappa shape index (κ2) is 6.48. The molecule has 0 bridgehead atoms. The lowest BCUT2D eigenvalue weighted by atomic mass is 10.0. The lowest BCUT2D eigenvalue weighted by Crippen LogP contribution is -2.11. The minimum absolute atomic E-state index is 0.247. The molecule has 2 heteroatoms. The van der Waals surface area contributed by atoms with Crippen LogP contribution in [0.3, 0.4) is 0 Å². The molecule has 0 aromatic heterocycles. The van der Waals surface area contributed by atoms with Crippen molar-refractivity contribution in [3.05, 3.63) is 71.0 Å². The molecule has 0 aliphatic heterocycles. The fourth-order valence-corrected chi connectivity index (χ4v) is 2.24. The Balaban J connectivity index is 1.86. The third kappa shape index (κ3) is 4.49. The van der Waals surface area contributed by atoms with E-state index in [0.717, 1.165) is 12.0 Å². The van der Waals surface area contributed by atoms with E-state index in [0.29, 0.717) is 12.8 Å². The Morgan fingerprint density at radius 3 is 2.53 bits per heavy atom. The molecule has 1 unspecified atom stereocenters. The van der Waals surface area contributed by atoms with Gasteiger partial charge in [-0.05, 0) is 49.4 Å². The number of aliphatic hydroxyl groups is 1. The number of halogens is 1. The first-order valence-electron chi connectivity index (χ1n) is 6.61.